The second-order valence-corrected chi connectivity index (χ2v) is 12.7. The first kappa shape index (κ1) is 32.5. The molecule has 5 aromatic carbocycles. The first-order chi connectivity index (χ1) is 23.0. The van der Waals surface area contributed by atoms with Gasteiger partial charge in [0.15, 0.2) is 6.29 Å². The minimum absolute atomic E-state index is 0.00133. The Kier molecular flexibility index (Phi) is 10.7. The molecule has 0 radical (unpaired) electrons. The van der Waals surface area contributed by atoms with Gasteiger partial charge in [0.1, 0.15) is 5.75 Å². The Labute approximate surface area is 280 Å². The molecule has 47 heavy (non-hydrogen) atoms. The highest BCUT2D eigenvalue weighted by Gasteiger charge is 2.38. The highest BCUT2D eigenvalue weighted by atomic mass is 32.2. The molecule has 0 aromatic heterocycles. The molecule has 2 N–H and O–H groups in total. The molecule has 1 amide bonds. The van der Waals surface area contributed by atoms with Crippen LogP contribution in [0.1, 0.15) is 51.9 Å². The van der Waals surface area contributed by atoms with Crippen LogP contribution in [0.25, 0.3) is 11.1 Å². The summed E-state index contributed by atoms with van der Waals surface area (Å²) in [6.45, 7) is 2.60. The van der Waals surface area contributed by atoms with Crippen LogP contribution in [-0.4, -0.2) is 30.0 Å². The van der Waals surface area contributed by atoms with Gasteiger partial charge in [-0.05, 0) is 64.2 Å². The van der Waals surface area contributed by atoms with E-state index in [2.05, 4.69) is 42.6 Å². The molecule has 5 aromatic rings. The predicted molar refractivity (Wildman–Crippen MR) is 186 cm³/mol. The lowest BCUT2D eigenvalue weighted by molar-refractivity contribution is -0.268. The monoisotopic (exact) mass is 645 g/mol. The lowest BCUT2D eigenvalue weighted by Gasteiger charge is -2.41. The number of rotatable bonds is 11. The number of benzene rings is 5. The van der Waals surface area contributed by atoms with Crippen LogP contribution in [0, 0.1) is 5.92 Å². The first-order valence-corrected chi connectivity index (χ1v) is 16.8. The van der Waals surface area contributed by atoms with E-state index in [4.69, 9.17) is 14.2 Å². The number of nitrogens with one attached hydrogen (secondary N) is 1. The zero-order valence-corrected chi connectivity index (χ0v) is 27.4. The molecule has 1 aliphatic heterocycles. The van der Waals surface area contributed by atoms with E-state index in [-0.39, 0.29) is 30.6 Å². The van der Waals surface area contributed by atoms with Crippen LogP contribution < -0.4 is 10.1 Å². The minimum atomic E-state index is -0.578. The second kappa shape index (κ2) is 15.5. The Morgan fingerprint density at radius 3 is 2.28 bits per heavy atom. The third kappa shape index (κ3) is 7.95. The van der Waals surface area contributed by atoms with Gasteiger partial charge in [0, 0.05) is 34.2 Å². The molecule has 1 aliphatic rings. The lowest BCUT2D eigenvalue weighted by atomic mass is 9.91. The van der Waals surface area contributed by atoms with Gasteiger partial charge in [0.05, 0.1) is 25.9 Å². The minimum Gasteiger partial charge on any atom is -0.496 e. The quantitative estimate of drug-likeness (QED) is 0.141. The number of aliphatic hydroxyl groups is 1. The lowest BCUT2D eigenvalue weighted by Crippen LogP contribution is -2.38. The van der Waals surface area contributed by atoms with E-state index in [1.165, 1.54) is 0 Å². The van der Waals surface area contributed by atoms with Crippen LogP contribution in [-0.2, 0) is 22.6 Å². The van der Waals surface area contributed by atoms with Crippen molar-refractivity contribution in [2.45, 2.75) is 43.5 Å². The molecule has 0 spiro atoms. The molecule has 0 aliphatic carbocycles. The molecule has 1 heterocycles. The maximum atomic E-state index is 12.6. The van der Waals surface area contributed by atoms with Gasteiger partial charge in [-0.2, -0.15) is 0 Å². The van der Waals surface area contributed by atoms with Gasteiger partial charge < -0.3 is 24.6 Å². The van der Waals surface area contributed by atoms with Crippen molar-refractivity contribution in [1.29, 1.82) is 0 Å². The van der Waals surface area contributed by atoms with Gasteiger partial charge >= 0.3 is 0 Å². The maximum absolute atomic E-state index is 12.6. The van der Waals surface area contributed by atoms with Gasteiger partial charge in [-0.15, -0.1) is 11.8 Å². The number of para-hydroxylation sites is 1. The number of hydrogen-bond acceptors (Lipinski definition) is 6. The van der Waals surface area contributed by atoms with Gasteiger partial charge in [0.2, 0.25) is 0 Å². The summed E-state index contributed by atoms with van der Waals surface area (Å²) >= 11 is 1.72. The molecular weight excluding hydrogens is 607 g/mol. The summed E-state index contributed by atoms with van der Waals surface area (Å²) in [5.74, 6) is 1.54. The van der Waals surface area contributed by atoms with E-state index < -0.39 is 6.29 Å². The molecular formula is C40H39NO5S. The molecule has 6 nitrogen and oxygen atoms in total. The number of methoxy groups -OCH3 is 1. The number of carbonyl (C=O) groups is 1. The highest BCUT2D eigenvalue weighted by Crippen LogP contribution is 2.44. The molecule has 7 heteroatoms. The SMILES string of the molecule is COc1ccccc1SC[C@H]1O[C@@H](c2cccc(-c3cccc(CNC(=O)c4ccccc4)c3)c2)O[C@@H](c2ccc(CO)cc2)[C@H]1C. The van der Waals surface area contributed by atoms with Crippen molar-refractivity contribution in [2.75, 3.05) is 12.9 Å². The van der Waals surface area contributed by atoms with Gasteiger partial charge in [-0.1, -0.05) is 97.9 Å². The van der Waals surface area contributed by atoms with Crippen molar-refractivity contribution < 1.29 is 24.1 Å². The summed E-state index contributed by atoms with van der Waals surface area (Å²) in [6.07, 6.45) is -0.887. The zero-order valence-electron chi connectivity index (χ0n) is 26.5. The third-order valence-electron chi connectivity index (χ3n) is 8.50. The topological polar surface area (TPSA) is 77.0 Å². The van der Waals surface area contributed by atoms with Crippen LogP contribution >= 0.6 is 11.8 Å². The van der Waals surface area contributed by atoms with Crippen molar-refractivity contribution in [3.63, 3.8) is 0 Å². The van der Waals surface area contributed by atoms with Crippen molar-refractivity contribution in [3.8, 4) is 16.9 Å². The Morgan fingerprint density at radius 2 is 1.51 bits per heavy atom. The average molecular weight is 646 g/mol. The Hall–Kier alpha value is -4.40. The van der Waals surface area contributed by atoms with E-state index in [0.29, 0.717) is 12.1 Å². The molecule has 0 bridgehead atoms. The van der Waals surface area contributed by atoms with Crippen molar-refractivity contribution in [3.05, 3.63) is 155 Å². The van der Waals surface area contributed by atoms with E-state index >= 15 is 0 Å². The van der Waals surface area contributed by atoms with Crippen molar-refractivity contribution in [1.82, 2.24) is 5.32 Å². The third-order valence-corrected chi connectivity index (χ3v) is 9.65. The first-order valence-electron chi connectivity index (χ1n) is 15.8. The summed E-state index contributed by atoms with van der Waals surface area (Å²) in [7, 11) is 1.69. The highest BCUT2D eigenvalue weighted by molar-refractivity contribution is 7.99. The number of thioether (sulfide) groups is 1. The van der Waals surface area contributed by atoms with Gasteiger partial charge in [0.25, 0.3) is 5.91 Å². The fourth-order valence-electron chi connectivity index (χ4n) is 5.82. The predicted octanol–water partition coefficient (Wildman–Crippen LogP) is 8.37. The summed E-state index contributed by atoms with van der Waals surface area (Å²) in [5.41, 5.74) is 6.58. The molecule has 4 atom stereocenters. The zero-order chi connectivity index (χ0) is 32.6. The number of aliphatic hydroxyl groups excluding tert-OH is 1. The normalized spacial score (nSPS) is 19.2. The fourth-order valence-corrected chi connectivity index (χ4v) is 7.01. The van der Waals surface area contributed by atoms with Crippen molar-refractivity contribution in [2.24, 2.45) is 5.92 Å². The Bertz CT molecular complexity index is 1780. The molecule has 1 fully saturated rings. The van der Waals surface area contributed by atoms with E-state index in [1.807, 2.05) is 97.1 Å². The van der Waals surface area contributed by atoms with E-state index in [0.717, 1.165) is 49.8 Å². The van der Waals surface area contributed by atoms with Crippen LogP contribution in [0.2, 0.25) is 0 Å². The Morgan fingerprint density at radius 1 is 0.787 bits per heavy atom. The van der Waals surface area contributed by atoms with E-state index in [1.54, 1.807) is 18.9 Å². The van der Waals surface area contributed by atoms with Crippen LogP contribution in [0.15, 0.2) is 132 Å². The number of ether oxygens (including phenoxy) is 3. The largest absolute Gasteiger partial charge is 0.496 e. The number of carbonyl (C=O) groups excluding carboxylic acids is 1. The molecule has 1 saturated heterocycles. The maximum Gasteiger partial charge on any atom is 0.251 e. The molecule has 6 rings (SSSR count). The van der Waals surface area contributed by atoms with Gasteiger partial charge in [-0.3, -0.25) is 4.79 Å². The number of hydrogen-bond donors (Lipinski definition) is 2. The number of amides is 1. The molecule has 0 saturated carbocycles. The van der Waals surface area contributed by atoms with E-state index in [9.17, 15) is 9.90 Å². The van der Waals surface area contributed by atoms with Crippen LogP contribution in [0.4, 0.5) is 0 Å². The summed E-state index contributed by atoms with van der Waals surface area (Å²) < 4.78 is 19.1. The van der Waals surface area contributed by atoms with Crippen LogP contribution in [0.5, 0.6) is 5.75 Å². The van der Waals surface area contributed by atoms with Crippen molar-refractivity contribution >= 4 is 17.7 Å². The van der Waals surface area contributed by atoms with Gasteiger partial charge in [-0.25, -0.2) is 0 Å². The smallest absolute Gasteiger partial charge is 0.251 e. The summed E-state index contributed by atoms with van der Waals surface area (Å²) in [6, 6.07) is 41.7. The van der Waals surface area contributed by atoms with Crippen LogP contribution in [0.3, 0.4) is 0 Å². The summed E-state index contributed by atoms with van der Waals surface area (Å²) in [5, 5.41) is 12.6. The Balaban J connectivity index is 1.23. The molecule has 240 valence electrons. The molecule has 0 unspecified atom stereocenters. The standard InChI is InChI=1S/C40H39NO5S/c1-27-36(26-47-37-17-7-6-16-35(37)44-2)45-40(46-38(27)30-20-18-28(25-42)19-21-30)34-15-9-14-33(23-34)32-13-8-10-29(22-32)24-41-39(43)31-11-4-3-5-12-31/h3-23,27,36,38,40,42H,24-26H2,1-2H3,(H,41,43)/t27-,36+,38+,40+/m0/s1. The summed E-state index contributed by atoms with van der Waals surface area (Å²) in [4.78, 5) is 13.7. The fraction of sp³-hybridized carbons (Fsp3) is 0.225. The average Bonchev–Trinajstić information content (AvgIpc) is 3.14. The second-order valence-electron chi connectivity index (χ2n) is 11.7.